The first-order chi connectivity index (χ1) is 27.9. The van der Waals surface area contributed by atoms with Crippen molar-refractivity contribution in [1.29, 1.82) is 0 Å². The van der Waals surface area contributed by atoms with Crippen molar-refractivity contribution < 1.29 is 0 Å². The third-order valence-corrected chi connectivity index (χ3v) is 18.0. The molecule has 2 bridgehead atoms. The Hall–Kier alpha value is -4.88. The van der Waals surface area contributed by atoms with Crippen LogP contribution >= 0.6 is 0 Å². The second-order valence-electron chi connectivity index (χ2n) is 21.6. The molecule has 7 aliphatic rings. The molecule has 4 fully saturated rings. The van der Waals surface area contributed by atoms with Crippen LogP contribution in [0.25, 0.3) is 33.4 Å². The van der Waals surface area contributed by atoms with E-state index in [1.54, 1.807) is 11.1 Å². The lowest BCUT2D eigenvalue weighted by molar-refractivity contribution is -0.231. The number of anilines is 3. The second kappa shape index (κ2) is 10.8. The Labute approximate surface area is 345 Å². The zero-order chi connectivity index (χ0) is 39.1. The monoisotopic (exact) mass is 753 g/mol. The van der Waals surface area contributed by atoms with Crippen LogP contribution < -0.4 is 4.90 Å². The van der Waals surface area contributed by atoms with Crippen molar-refractivity contribution in [2.45, 2.75) is 102 Å². The molecule has 0 heterocycles. The van der Waals surface area contributed by atoms with Crippen LogP contribution in [0.2, 0.25) is 0 Å². The molecule has 0 aliphatic heterocycles. The van der Waals surface area contributed by atoms with Crippen LogP contribution in [0.3, 0.4) is 0 Å². The van der Waals surface area contributed by atoms with E-state index in [1.165, 1.54) is 111 Å². The summed E-state index contributed by atoms with van der Waals surface area (Å²) in [7, 11) is 0. The average molecular weight is 754 g/mol. The molecule has 6 unspecified atom stereocenters. The smallest absolute Gasteiger partial charge is 0.0502 e. The number of rotatable bonds is 4. The van der Waals surface area contributed by atoms with E-state index >= 15 is 0 Å². The summed E-state index contributed by atoms with van der Waals surface area (Å²) in [5.41, 5.74) is 22.3. The summed E-state index contributed by atoms with van der Waals surface area (Å²) in [5, 5.41) is 0. The van der Waals surface area contributed by atoms with Gasteiger partial charge in [-0.05, 0) is 182 Å². The fourth-order valence-corrected chi connectivity index (χ4v) is 15.4. The highest BCUT2D eigenvalue weighted by atomic mass is 15.1. The van der Waals surface area contributed by atoms with Crippen LogP contribution in [0.1, 0.15) is 113 Å². The highest BCUT2D eigenvalue weighted by Crippen LogP contribution is 2.89. The van der Waals surface area contributed by atoms with Crippen molar-refractivity contribution >= 4 is 17.1 Å². The zero-order valence-electron chi connectivity index (χ0n) is 35.1. The molecule has 1 nitrogen and oxygen atoms in total. The minimum atomic E-state index is -0.0715. The summed E-state index contributed by atoms with van der Waals surface area (Å²) in [5.74, 6) is 3.62. The Bertz CT molecular complexity index is 2760. The van der Waals surface area contributed by atoms with Gasteiger partial charge in [-0.2, -0.15) is 0 Å². The Kier molecular flexibility index (Phi) is 6.36. The van der Waals surface area contributed by atoms with Gasteiger partial charge >= 0.3 is 0 Å². The predicted octanol–water partition coefficient (Wildman–Crippen LogP) is 14.8. The van der Waals surface area contributed by atoms with Gasteiger partial charge < -0.3 is 4.90 Å². The molecule has 6 aromatic carbocycles. The van der Waals surface area contributed by atoms with Crippen LogP contribution in [-0.2, 0) is 21.7 Å². The lowest BCUT2D eigenvalue weighted by atomic mass is 9.27. The zero-order valence-corrected chi connectivity index (χ0v) is 35.1. The summed E-state index contributed by atoms with van der Waals surface area (Å²) in [6, 6.07) is 50.1. The minimum Gasteiger partial charge on any atom is -0.310 e. The molecule has 13 rings (SSSR count). The van der Waals surface area contributed by atoms with Crippen molar-refractivity contribution in [3.63, 3.8) is 0 Å². The van der Waals surface area contributed by atoms with Crippen LogP contribution in [-0.4, -0.2) is 0 Å². The summed E-state index contributed by atoms with van der Waals surface area (Å²) >= 11 is 0. The van der Waals surface area contributed by atoms with Gasteiger partial charge in [0.2, 0.25) is 0 Å². The molecule has 2 spiro atoms. The van der Waals surface area contributed by atoms with Crippen molar-refractivity contribution in [2.75, 3.05) is 4.90 Å². The van der Waals surface area contributed by atoms with Crippen molar-refractivity contribution in [3.05, 3.63) is 161 Å². The van der Waals surface area contributed by atoms with Gasteiger partial charge in [-0.3, -0.25) is 0 Å². The van der Waals surface area contributed by atoms with Crippen LogP contribution in [0, 0.1) is 29.1 Å². The number of hydrogen-bond acceptors (Lipinski definition) is 1. The lowest BCUT2D eigenvalue weighted by Crippen LogP contribution is -2.73. The molecular formula is C57H55N. The highest BCUT2D eigenvalue weighted by Gasteiger charge is 2.84. The summed E-state index contributed by atoms with van der Waals surface area (Å²) in [4.78, 5) is 2.59. The van der Waals surface area contributed by atoms with E-state index in [0.717, 1.165) is 23.7 Å². The fourth-order valence-electron chi connectivity index (χ4n) is 15.4. The number of nitrogens with zero attached hydrogens (tertiary/aromatic N) is 1. The summed E-state index contributed by atoms with van der Waals surface area (Å²) < 4.78 is 0. The maximum atomic E-state index is 2.65. The van der Waals surface area contributed by atoms with Gasteiger partial charge in [0.25, 0.3) is 0 Å². The first kappa shape index (κ1) is 34.0. The molecule has 0 amide bonds. The van der Waals surface area contributed by atoms with Gasteiger partial charge in [0.15, 0.2) is 0 Å². The molecule has 1 heteroatoms. The van der Waals surface area contributed by atoms with Gasteiger partial charge in [-0.1, -0.05) is 133 Å². The van der Waals surface area contributed by atoms with E-state index < -0.39 is 0 Å². The Morgan fingerprint density at radius 3 is 1.90 bits per heavy atom. The van der Waals surface area contributed by atoms with Crippen LogP contribution in [0.4, 0.5) is 17.1 Å². The molecule has 7 aliphatic carbocycles. The van der Waals surface area contributed by atoms with Gasteiger partial charge in [0.1, 0.15) is 0 Å². The van der Waals surface area contributed by atoms with Crippen molar-refractivity contribution in [1.82, 2.24) is 0 Å². The molecule has 0 N–H and O–H groups in total. The lowest BCUT2D eigenvalue weighted by Gasteiger charge is -2.76. The topological polar surface area (TPSA) is 3.24 Å². The van der Waals surface area contributed by atoms with Crippen LogP contribution in [0.5, 0.6) is 0 Å². The second-order valence-corrected chi connectivity index (χ2v) is 21.6. The van der Waals surface area contributed by atoms with Gasteiger partial charge in [0, 0.05) is 22.2 Å². The molecule has 6 aromatic rings. The number of benzene rings is 6. The van der Waals surface area contributed by atoms with Crippen LogP contribution in [0.15, 0.2) is 127 Å². The van der Waals surface area contributed by atoms with E-state index in [4.69, 9.17) is 0 Å². The molecular weight excluding hydrogens is 699 g/mol. The van der Waals surface area contributed by atoms with E-state index in [0.29, 0.717) is 5.41 Å². The Morgan fingerprint density at radius 2 is 1.10 bits per heavy atom. The van der Waals surface area contributed by atoms with E-state index in [9.17, 15) is 0 Å². The normalized spacial score (nSPS) is 29.7. The third-order valence-electron chi connectivity index (χ3n) is 18.0. The Morgan fingerprint density at radius 1 is 0.483 bits per heavy atom. The van der Waals surface area contributed by atoms with E-state index in [1.807, 2.05) is 0 Å². The first-order valence-electron chi connectivity index (χ1n) is 22.5. The SMILES string of the molecule is CC1(C)CCC(C)(C)c2c(N(c3ccc(-c4ccc5c(c4)C4(c6ccccc6-5)C5CC6CC7CC4C75C6)cc3)c3ccc4c(c3)C(C)(C)c3ccccc3-4)cccc21. The third kappa shape index (κ3) is 3.91. The summed E-state index contributed by atoms with van der Waals surface area (Å²) in [6.07, 6.45) is 8.29. The maximum Gasteiger partial charge on any atom is 0.0502 e. The average Bonchev–Trinajstić information content (AvgIpc) is 3.92. The maximum absolute atomic E-state index is 2.65. The molecule has 288 valence electrons. The van der Waals surface area contributed by atoms with E-state index in [-0.39, 0.29) is 21.7 Å². The predicted molar refractivity (Wildman–Crippen MR) is 240 cm³/mol. The fraction of sp³-hybridized carbons (Fsp3) is 0.368. The molecule has 0 aromatic heterocycles. The molecule has 0 saturated heterocycles. The molecule has 6 atom stereocenters. The van der Waals surface area contributed by atoms with E-state index in [2.05, 4.69) is 174 Å². The minimum absolute atomic E-state index is 0.0587. The number of hydrogen-bond donors (Lipinski definition) is 0. The summed E-state index contributed by atoms with van der Waals surface area (Å²) in [6.45, 7) is 14.6. The highest BCUT2D eigenvalue weighted by molar-refractivity contribution is 5.89. The van der Waals surface area contributed by atoms with Gasteiger partial charge in [-0.15, -0.1) is 0 Å². The molecule has 0 radical (unpaired) electrons. The van der Waals surface area contributed by atoms with Crippen molar-refractivity contribution in [2.24, 2.45) is 29.1 Å². The number of fused-ring (bicyclic) bond motifs is 12. The first-order valence-corrected chi connectivity index (χ1v) is 22.5. The van der Waals surface area contributed by atoms with Gasteiger partial charge in [0.05, 0.1) is 5.69 Å². The van der Waals surface area contributed by atoms with Gasteiger partial charge in [-0.25, -0.2) is 0 Å². The Balaban J connectivity index is 0.948. The largest absolute Gasteiger partial charge is 0.310 e. The quantitative estimate of drug-likeness (QED) is 0.173. The molecule has 4 saturated carbocycles. The standard InChI is InChI=1S/C57H55N/c1-53(2)26-27-54(3,4)52-46(53)16-11-17-49(52)58(39-23-25-42-40-12-7-9-14-44(40)55(5,6)47(42)32-39)38-21-18-35(19-22-38)36-20-24-43-41-13-8-10-15-45(41)57(48(43)30-36)50-29-34-28-37-31-51(57)56(37,50)33-34/h7-25,30,32,34,37,50-51H,26-29,31,33H2,1-6H3. The molecule has 58 heavy (non-hydrogen) atoms. The van der Waals surface area contributed by atoms with Crippen molar-refractivity contribution in [3.8, 4) is 33.4 Å².